The SMILES string of the molecule is CCC(C)NC(=O)CCNc1cc(F)c(I)cc1[N+](=O)[O-]. The quantitative estimate of drug-likeness (QED) is 0.412. The molecule has 1 unspecified atom stereocenters. The first-order valence-electron chi connectivity index (χ1n) is 6.51. The van der Waals surface area contributed by atoms with Crippen molar-refractivity contribution < 1.29 is 14.1 Å². The molecule has 1 rings (SSSR count). The van der Waals surface area contributed by atoms with Crippen LogP contribution in [0.5, 0.6) is 0 Å². The molecule has 8 heteroatoms. The third-order valence-corrected chi connectivity index (χ3v) is 3.75. The van der Waals surface area contributed by atoms with Crippen LogP contribution in [0.25, 0.3) is 0 Å². The molecule has 6 nitrogen and oxygen atoms in total. The summed E-state index contributed by atoms with van der Waals surface area (Å²) in [6.45, 7) is 4.05. The number of halogens is 2. The minimum atomic E-state index is -0.580. The van der Waals surface area contributed by atoms with Crippen molar-refractivity contribution in [3.8, 4) is 0 Å². The van der Waals surface area contributed by atoms with Gasteiger partial charge in [-0.1, -0.05) is 6.92 Å². The molecule has 0 aliphatic rings. The summed E-state index contributed by atoms with van der Waals surface area (Å²) in [7, 11) is 0. The van der Waals surface area contributed by atoms with Gasteiger partial charge in [-0.25, -0.2) is 4.39 Å². The van der Waals surface area contributed by atoms with Crippen molar-refractivity contribution in [2.45, 2.75) is 32.7 Å². The number of nitrogens with one attached hydrogen (secondary N) is 2. The van der Waals surface area contributed by atoms with Gasteiger partial charge in [-0.2, -0.15) is 0 Å². The molecule has 1 aromatic carbocycles. The maximum atomic E-state index is 13.5. The van der Waals surface area contributed by atoms with Crippen molar-refractivity contribution in [3.63, 3.8) is 0 Å². The zero-order chi connectivity index (χ0) is 16.0. The number of carbonyl (C=O) groups excluding carboxylic acids is 1. The fourth-order valence-electron chi connectivity index (χ4n) is 1.59. The molecule has 1 atom stereocenters. The Bertz CT molecular complexity index is 540. The number of hydrogen-bond donors (Lipinski definition) is 2. The van der Waals surface area contributed by atoms with E-state index in [1.165, 1.54) is 0 Å². The number of nitro benzene ring substituents is 1. The zero-order valence-corrected chi connectivity index (χ0v) is 13.9. The second-order valence-electron chi connectivity index (χ2n) is 4.59. The van der Waals surface area contributed by atoms with Crippen LogP contribution in [0.1, 0.15) is 26.7 Å². The fourth-order valence-corrected chi connectivity index (χ4v) is 2.04. The van der Waals surface area contributed by atoms with Crippen LogP contribution in [0.2, 0.25) is 0 Å². The number of rotatable bonds is 7. The average Bonchev–Trinajstić information content (AvgIpc) is 2.41. The highest BCUT2D eigenvalue weighted by Crippen LogP contribution is 2.28. The number of anilines is 1. The van der Waals surface area contributed by atoms with E-state index in [0.717, 1.165) is 18.6 Å². The number of carbonyl (C=O) groups is 1. The Balaban J connectivity index is 2.65. The van der Waals surface area contributed by atoms with E-state index < -0.39 is 10.7 Å². The van der Waals surface area contributed by atoms with Crippen LogP contribution in [-0.4, -0.2) is 23.4 Å². The molecule has 0 saturated heterocycles. The van der Waals surface area contributed by atoms with Crippen molar-refractivity contribution in [2.75, 3.05) is 11.9 Å². The van der Waals surface area contributed by atoms with Crippen LogP contribution >= 0.6 is 22.6 Å². The number of hydrogen-bond acceptors (Lipinski definition) is 4. The molecule has 1 amide bonds. The van der Waals surface area contributed by atoms with Gasteiger partial charge in [-0.15, -0.1) is 0 Å². The molecule has 0 heterocycles. The molecule has 116 valence electrons. The van der Waals surface area contributed by atoms with Crippen molar-refractivity contribution in [2.24, 2.45) is 0 Å². The van der Waals surface area contributed by atoms with E-state index in [1.807, 2.05) is 13.8 Å². The van der Waals surface area contributed by atoms with E-state index in [0.29, 0.717) is 0 Å². The standard InChI is InChI=1S/C13H17FIN3O3/c1-3-8(2)17-13(19)4-5-16-11-6-9(14)10(15)7-12(11)18(20)21/h6-8,16H,3-5H2,1-2H3,(H,17,19). The minimum absolute atomic E-state index is 0.0780. The normalized spacial score (nSPS) is 11.8. The predicted octanol–water partition coefficient (Wildman–Crippen LogP) is 3.06. The van der Waals surface area contributed by atoms with Crippen LogP contribution in [0.4, 0.5) is 15.8 Å². The first-order valence-corrected chi connectivity index (χ1v) is 7.59. The second-order valence-corrected chi connectivity index (χ2v) is 5.76. The lowest BCUT2D eigenvalue weighted by molar-refractivity contribution is -0.384. The number of nitro groups is 1. The van der Waals surface area contributed by atoms with E-state index in [9.17, 15) is 19.3 Å². The van der Waals surface area contributed by atoms with Gasteiger partial charge in [0.1, 0.15) is 11.5 Å². The first-order chi connectivity index (χ1) is 9.85. The van der Waals surface area contributed by atoms with Gasteiger partial charge >= 0.3 is 0 Å². The topological polar surface area (TPSA) is 84.3 Å². The van der Waals surface area contributed by atoms with Gasteiger partial charge in [0.2, 0.25) is 5.91 Å². The van der Waals surface area contributed by atoms with Crippen LogP contribution in [0.3, 0.4) is 0 Å². The molecule has 0 aromatic heterocycles. The molecule has 0 radical (unpaired) electrons. The summed E-state index contributed by atoms with van der Waals surface area (Å²) in [6, 6.07) is 2.33. The van der Waals surface area contributed by atoms with Gasteiger partial charge in [-0.05, 0) is 35.9 Å². The highest BCUT2D eigenvalue weighted by atomic mass is 127. The number of nitrogens with zero attached hydrogens (tertiary/aromatic N) is 1. The minimum Gasteiger partial charge on any atom is -0.379 e. The van der Waals surface area contributed by atoms with Crippen LogP contribution < -0.4 is 10.6 Å². The highest BCUT2D eigenvalue weighted by molar-refractivity contribution is 14.1. The van der Waals surface area contributed by atoms with Gasteiger partial charge in [-0.3, -0.25) is 14.9 Å². The summed E-state index contributed by atoms with van der Waals surface area (Å²) in [5.74, 6) is -0.682. The molecular formula is C13H17FIN3O3. The summed E-state index contributed by atoms with van der Waals surface area (Å²) in [5, 5.41) is 16.5. The average molecular weight is 409 g/mol. The number of benzene rings is 1. The smallest absolute Gasteiger partial charge is 0.293 e. The highest BCUT2D eigenvalue weighted by Gasteiger charge is 2.17. The molecule has 21 heavy (non-hydrogen) atoms. The van der Waals surface area contributed by atoms with E-state index in [2.05, 4.69) is 10.6 Å². The maximum absolute atomic E-state index is 13.5. The summed E-state index contributed by atoms with van der Waals surface area (Å²) in [5.41, 5.74) is -0.127. The largest absolute Gasteiger partial charge is 0.379 e. The van der Waals surface area contributed by atoms with E-state index in [4.69, 9.17) is 0 Å². The summed E-state index contributed by atoms with van der Waals surface area (Å²) in [6.07, 6.45) is 0.988. The van der Waals surface area contributed by atoms with Crippen molar-refractivity contribution in [1.29, 1.82) is 0 Å². The Labute approximate surface area is 135 Å². The molecular weight excluding hydrogens is 392 g/mol. The molecule has 0 aliphatic carbocycles. The Morgan fingerprint density at radius 2 is 2.19 bits per heavy atom. The van der Waals surface area contributed by atoms with Crippen LogP contribution in [0.15, 0.2) is 12.1 Å². The lowest BCUT2D eigenvalue weighted by Gasteiger charge is -2.12. The van der Waals surface area contributed by atoms with E-state index in [1.54, 1.807) is 22.6 Å². The Morgan fingerprint density at radius 3 is 2.76 bits per heavy atom. The van der Waals surface area contributed by atoms with Crippen LogP contribution in [-0.2, 0) is 4.79 Å². The van der Waals surface area contributed by atoms with Crippen molar-refractivity contribution in [1.82, 2.24) is 5.32 Å². The van der Waals surface area contributed by atoms with Crippen molar-refractivity contribution in [3.05, 3.63) is 31.6 Å². The summed E-state index contributed by atoms with van der Waals surface area (Å²) < 4.78 is 13.7. The van der Waals surface area contributed by atoms with Crippen LogP contribution in [0, 0.1) is 19.5 Å². The molecule has 0 bridgehead atoms. The zero-order valence-electron chi connectivity index (χ0n) is 11.8. The van der Waals surface area contributed by atoms with Crippen molar-refractivity contribution >= 4 is 39.9 Å². The maximum Gasteiger partial charge on any atom is 0.293 e. The first kappa shape index (κ1) is 17.6. The third-order valence-electron chi connectivity index (χ3n) is 2.92. The van der Waals surface area contributed by atoms with E-state index in [-0.39, 0.29) is 39.9 Å². The third kappa shape index (κ3) is 5.44. The molecule has 0 aliphatic heterocycles. The Morgan fingerprint density at radius 1 is 1.52 bits per heavy atom. The summed E-state index contributed by atoms with van der Waals surface area (Å²) in [4.78, 5) is 21.9. The van der Waals surface area contributed by atoms with Gasteiger partial charge < -0.3 is 10.6 Å². The lowest BCUT2D eigenvalue weighted by Crippen LogP contribution is -2.33. The molecule has 1 aromatic rings. The van der Waals surface area contributed by atoms with E-state index >= 15 is 0 Å². The van der Waals surface area contributed by atoms with Gasteiger partial charge in [0.15, 0.2) is 0 Å². The predicted molar refractivity (Wildman–Crippen MR) is 86.8 cm³/mol. The van der Waals surface area contributed by atoms with Gasteiger partial charge in [0.05, 0.1) is 8.49 Å². The molecule has 0 spiro atoms. The fraction of sp³-hybridized carbons (Fsp3) is 0.462. The summed E-state index contributed by atoms with van der Waals surface area (Å²) >= 11 is 1.69. The van der Waals surface area contributed by atoms with Gasteiger partial charge in [0.25, 0.3) is 5.69 Å². The Hall–Kier alpha value is -1.45. The number of amides is 1. The lowest BCUT2D eigenvalue weighted by atomic mass is 10.2. The molecule has 0 saturated carbocycles. The van der Waals surface area contributed by atoms with Gasteiger partial charge in [0, 0.05) is 31.1 Å². The second kappa shape index (κ2) is 8.11. The molecule has 2 N–H and O–H groups in total. The Kier molecular flexibility index (Phi) is 6.79. The molecule has 0 fully saturated rings. The monoisotopic (exact) mass is 409 g/mol.